The van der Waals surface area contributed by atoms with E-state index in [2.05, 4.69) is 21.7 Å². The first kappa shape index (κ1) is 11.0. The molecule has 5 heteroatoms. The first-order valence-electron chi connectivity index (χ1n) is 5.60. The monoisotopic (exact) mass is 226 g/mol. The van der Waals surface area contributed by atoms with Gasteiger partial charge < -0.3 is 10.3 Å². The molecule has 0 aliphatic heterocycles. The molecule has 2 N–H and O–H groups in total. The Balaban J connectivity index is 1.96. The van der Waals surface area contributed by atoms with Gasteiger partial charge in [-0.25, -0.2) is 0 Å². The summed E-state index contributed by atoms with van der Waals surface area (Å²) in [6.07, 6.45) is 4.17. The van der Waals surface area contributed by atoms with Crippen LogP contribution in [0.1, 0.15) is 32.0 Å². The number of rotatable bonds is 5. The fraction of sp³-hybridized carbons (Fsp3) is 0.800. The molecule has 1 aromatic rings. The van der Waals surface area contributed by atoms with Gasteiger partial charge in [0.2, 0.25) is 0 Å². The van der Waals surface area contributed by atoms with Crippen LogP contribution < -0.4 is 5.73 Å². The van der Waals surface area contributed by atoms with Gasteiger partial charge in [-0.3, -0.25) is 0 Å². The molecule has 1 aliphatic carbocycles. The standard InChI is InChI=1S/C10H18N4S/c1-2-14-9(6-11)12-13-10(14)15-7-8-4-3-5-8/h8H,2-7,11H2,1H3. The van der Waals surface area contributed by atoms with Crippen molar-refractivity contribution in [3.63, 3.8) is 0 Å². The average Bonchev–Trinajstić information content (AvgIpc) is 2.57. The van der Waals surface area contributed by atoms with Crippen molar-refractivity contribution in [2.75, 3.05) is 5.75 Å². The van der Waals surface area contributed by atoms with Crippen LogP contribution in [-0.4, -0.2) is 20.5 Å². The molecule has 0 aromatic carbocycles. The molecule has 0 amide bonds. The molecular weight excluding hydrogens is 208 g/mol. The van der Waals surface area contributed by atoms with E-state index in [1.807, 2.05) is 11.8 Å². The van der Waals surface area contributed by atoms with Crippen LogP contribution in [0.5, 0.6) is 0 Å². The quantitative estimate of drug-likeness (QED) is 0.776. The molecule has 1 fully saturated rings. The second-order valence-corrected chi connectivity index (χ2v) is 4.94. The smallest absolute Gasteiger partial charge is 0.191 e. The largest absolute Gasteiger partial charge is 0.324 e. The Hall–Kier alpha value is -0.550. The van der Waals surface area contributed by atoms with Crippen molar-refractivity contribution < 1.29 is 0 Å². The van der Waals surface area contributed by atoms with Gasteiger partial charge >= 0.3 is 0 Å². The van der Waals surface area contributed by atoms with E-state index < -0.39 is 0 Å². The van der Waals surface area contributed by atoms with Gasteiger partial charge in [-0.2, -0.15) is 0 Å². The van der Waals surface area contributed by atoms with Crippen LogP contribution in [0.25, 0.3) is 0 Å². The van der Waals surface area contributed by atoms with E-state index in [1.54, 1.807) is 0 Å². The Labute approximate surface area is 94.6 Å². The molecule has 0 atom stereocenters. The van der Waals surface area contributed by atoms with E-state index in [9.17, 15) is 0 Å². The van der Waals surface area contributed by atoms with Gasteiger partial charge in [-0.15, -0.1) is 10.2 Å². The van der Waals surface area contributed by atoms with E-state index in [0.717, 1.165) is 23.4 Å². The number of hydrogen-bond acceptors (Lipinski definition) is 4. The maximum Gasteiger partial charge on any atom is 0.191 e. The zero-order chi connectivity index (χ0) is 10.7. The minimum atomic E-state index is 0.477. The van der Waals surface area contributed by atoms with Crippen LogP contribution in [0, 0.1) is 5.92 Å². The van der Waals surface area contributed by atoms with Crippen molar-refractivity contribution in [3.8, 4) is 0 Å². The summed E-state index contributed by atoms with van der Waals surface area (Å²) < 4.78 is 2.11. The molecule has 1 aliphatic rings. The molecule has 1 heterocycles. The molecule has 0 saturated heterocycles. The van der Waals surface area contributed by atoms with Crippen LogP contribution >= 0.6 is 11.8 Å². The summed E-state index contributed by atoms with van der Waals surface area (Å²) >= 11 is 1.83. The Kier molecular flexibility index (Phi) is 3.64. The second-order valence-electron chi connectivity index (χ2n) is 3.96. The van der Waals surface area contributed by atoms with Crippen molar-refractivity contribution in [2.45, 2.75) is 44.4 Å². The molecular formula is C10H18N4S. The van der Waals surface area contributed by atoms with Crippen LogP contribution in [0.15, 0.2) is 5.16 Å². The van der Waals surface area contributed by atoms with Gasteiger partial charge in [0.25, 0.3) is 0 Å². The third kappa shape index (κ3) is 2.34. The minimum Gasteiger partial charge on any atom is -0.324 e. The Morgan fingerprint density at radius 2 is 2.27 bits per heavy atom. The van der Waals surface area contributed by atoms with E-state index in [1.165, 1.54) is 25.0 Å². The van der Waals surface area contributed by atoms with Crippen molar-refractivity contribution in [3.05, 3.63) is 5.82 Å². The van der Waals surface area contributed by atoms with Crippen LogP contribution in [0.2, 0.25) is 0 Å². The molecule has 84 valence electrons. The third-order valence-electron chi connectivity index (χ3n) is 2.97. The first-order valence-corrected chi connectivity index (χ1v) is 6.58. The van der Waals surface area contributed by atoms with Crippen LogP contribution in [-0.2, 0) is 13.1 Å². The lowest BCUT2D eigenvalue weighted by atomic mass is 9.87. The lowest BCUT2D eigenvalue weighted by molar-refractivity contribution is 0.353. The normalized spacial score (nSPS) is 16.7. The van der Waals surface area contributed by atoms with E-state index in [0.29, 0.717) is 6.54 Å². The summed E-state index contributed by atoms with van der Waals surface area (Å²) in [6.45, 7) is 3.49. The van der Waals surface area contributed by atoms with E-state index in [4.69, 9.17) is 5.73 Å². The highest BCUT2D eigenvalue weighted by Crippen LogP contribution is 2.31. The summed E-state index contributed by atoms with van der Waals surface area (Å²) in [4.78, 5) is 0. The predicted molar refractivity (Wildman–Crippen MR) is 61.7 cm³/mol. The highest BCUT2D eigenvalue weighted by Gasteiger charge is 2.19. The second kappa shape index (κ2) is 4.99. The van der Waals surface area contributed by atoms with Gasteiger partial charge in [-0.05, 0) is 25.7 Å². The number of hydrogen-bond donors (Lipinski definition) is 1. The summed E-state index contributed by atoms with van der Waals surface area (Å²) in [5.41, 5.74) is 5.60. The van der Waals surface area contributed by atoms with Gasteiger partial charge in [0.05, 0.1) is 6.54 Å². The summed E-state index contributed by atoms with van der Waals surface area (Å²) in [5, 5.41) is 9.31. The summed E-state index contributed by atoms with van der Waals surface area (Å²) in [6, 6.07) is 0. The van der Waals surface area contributed by atoms with Crippen molar-refractivity contribution in [1.29, 1.82) is 0 Å². The fourth-order valence-corrected chi connectivity index (χ4v) is 2.95. The molecule has 1 aromatic heterocycles. The van der Waals surface area contributed by atoms with Gasteiger partial charge in [0, 0.05) is 12.3 Å². The molecule has 15 heavy (non-hydrogen) atoms. The maximum absolute atomic E-state index is 5.60. The molecule has 0 radical (unpaired) electrons. The highest BCUT2D eigenvalue weighted by atomic mass is 32.2. The lowest BCUT2D eigenvalue weighted by Crippen LogP contribution is -2.14. The number of nitrogens with two attached hydrogens (primary N) is 1. The first-order chi connectivity index (χ1) is 7.35. The van der Waals surface area contributed by atoms with E-state index >= 15 is 0 Å². The highest BCUT2D eigenvalue weighted by molar-refractivity contribution is 7.99. The zero-order valence-electron chi connectivity index (χ0n) is 9.15. The third-order valence-corrected chi connectivity index (χ3v) is 4.16. The van der Waals surface area contributed by atoms with Crippen LogP contribution in [0.4, 0.5) is 0 Å². The molecule has 1 saturated carbocycles. The lowest BCUT2D eigenvalue weighted by Gasteiger charge is -2.24. The van der Waals surface area contributed by atoms with Gasteiger partial charge in [0.15, 0.2) is 5.16 Å². The fourth-order valence-electron chi connectivity index (χ4n) is 1.75. The number of thioether (sulfide) groups is 1. The summed E-state index contributed by atoms with van der Waals surface area (Å²) in [5.74, 6) is 2.98. The molecule has 0 unspecified atom stereocenters. The SMILES string of the molecule is CCn1c(CN)nnc1SCC1CCC1. The molecule has 0 spiro atoms. The molecule has 0 bridgehead atoms. The number of aromatic nitrogens is 3. The van der Waals surface area contributed by atoms with E-state index in [-0.39, 0.29) is 0 Å². The molecule has 4 nitrogen and oxygen atoms in total. The topological polar surface area (TPSA) is 56.7 Å². The predicted octanol–water partition coefficient (Wildman–Crippen LogP) is 1.65. The zero-order valence-corrected chi connectivity index (χ0v) is 9.96. The van der Waals surface area contributed by atoms with Gasteiger partial charge in [-0.1, -0.05) is 18.2 Å². The Bertz CT molecular complexity index is 319. The summed E-state index contributed by atoms with van der Waals surface area (Å²) in [7, 11) is 0. The van der Waals surface area contributed by atoms with Gasteiger partial charge in [0.1, 0.15) is 5.82 Å². The Morgan fingerprint density at radius 1 is 1.47 bits per heavy atom. The maximum atomic E-state index is 5.60. The van der Waals surface area contributed by atoms with Crippen LogP contribution in [0.3, 0.4) is 0 Å². The average molecular weight is 226 g/mol. The van der Waals surface area contributed by atoms with Crippen molar-refractivity contribution in [2.24, 2.45) is 11.7 Å². The van der Waals surface area contributed by atoms with Crippen molar-refractivity contribution in [1.82, 2.24) is 14.8 Å². The van der Waals surface area contributed by atoms with Crippen molar-refractivity contribution >= 4 is 11.8 Å². The Morgan fingerprint density at radius 3 is 2.80 bits per heavy atom. The minimum absolute atomic E-state index is 0.477. The number of nitrogens with zero attached hydrogens (tertiary/aromatic N) is 3. The molecule has 2 rings (SSSR count).